The average molecular weight is 641 g/mol. The fourth-order valence-corrected chi connectivity index (χ4v) is 8.31. The first-order chi connectivity index (χ1) is 24.8. The number of hydrogen-bond donors (Lipinski definition) is 0. The molecule has 0 aliphatic heterocycles. The summed E-state index contributed by atoms with van der Waals surface area (Å²) in [5, 5.41) is 5.16. The summed E-state index contributed by atoms with van der Waals surface area (Å²) < 4.78 is 4.95. The normalized spacial score (nSPS) is 17.3. The van der Waals surface area contributed by atoms with Crippen molar-refractivity contribution in [2.75, 3.05) is 0 Å². The molecule has 2 aliphatic rings. The van der Waals surface area contributed by atoms with Crippen LogP contribution in [0.2, 0.25) is 0 Å². The van der Waals surface area contributed by atoms with E-state index in [1.165, 1.54) is 77.1 Å². The lowest BCUT2D eigenvalue weighted by atomic mass is 9.92. The molecular weight excluding hydrogens is 605 g/mol. The Balaban J connectivity index is 1.05. The number of para-hydroxylation sites is 2. The molecule has 10 rings (SSSR count). The standard InChI is InChI=1S/C48H36N2/c1-3-11-33(12-4-1)35-19-25-39(26-20-35)49-45-17-9-7-15-41(45)43-31-37(23-29-47(43)49)38-24-30-48-44(32-38)42-16-8-10-18-46(42)50(48)40-27-21-36(22-28-40)34-13-5-2-6-14-34/h1-13,15-25,27-32,34,39H,14,26H2. The molecule has 0 bridgehead atoms. The molecule has 2 unspecified atom stereocenters. The van der Waals surface area contributed by atoms with Gasteiger partial charge in [0, 0.05) is 44.2 Å². The Kier molecular flexibility index (Phi) is 6.80. The van der Waals surface area contributed by atoms with Crippen LogP contribution < -0.4 is 0 Å². The van der Waals surface area contributed by atoms with Gasteiger partial charge in [0.25, 0.3) is 0 Å². The molecule has 2 atom stereocenters. The lowest BCUT2D eigenvalue weighted by Gasteiger charge is -2.21. The van der Waals surface area contributed by atoms with Crippen molar-refractivity contribution in [3.05, 3.63) is 193 Å². The van der Waals surface area contributed by atoms with Gasteiger partial charge in [0.1, 0.15) is 0 Å². The Morgan fingerprint density at radius 1 is 0.480 bits per heavy atom. The third-order valence-corrected chi connectivity index (χ3v) is 10.8. The molecule has 6 aromatic carbocycles. The van der Waals surface area contributed by atoms with Gasteiger partial charge >= 0.3 is 0 Å². The van der Waals surface area contributed by atoms with Gasteiger partial charge in [-0.05, 0) is 89.2 Å². The Morgan fingerprint density at radius 3 is 1.84 bits per heavy atom. The van der Waals surface area contributed by atoms with Crippen LogP contribution in [0.15, 0.2) is 182 Å². The molecule has 2 heterocycles. The van der Waals surface area contributed by atoms with E-state index in [0.29, 0.717) is 5.92 Å². The van der Waals surface area contributed by atoms with Crippen LogP contribution >= 0.6 is 0 Å². The second kappa shape index (κ2) is 11.8. The highest BCUT2D eigenvalue weighted by atomic mass is 15.0. The molecule has 2 aliphatic carbocycles. The maximum atomic E-state index is 2.53. The monoisotopic (exact) mass is 640 g/mol. The van der Waals surface area contributed by atoms with E-state index in [4.69, 9.17) is 0 Å². The largest absolute Gasteiger partial charge is 0.333 e. The van der Waals surface area contributed by atoms with Crippen LogP contribution in [0.25, 0.3) is 66.0 Å². The summed E-state index contributed by atoms with van der Waals surface area (Å²) in [5.74, 6) is 0.449. The van der Waals surface area contributed by atoms with Crippen LogP contribution in [0, 0.1) is 0 Å². The Labute approximate surface area is 292 Å². The number of aromatic nitrogens is 2. The maximum absolute atomic E-state index is 2.53. The highest BCUT2D eigenvalue weighted by Crippen LogP contribution is 2.40. The van der Waals surface area contributed by atoms with E-state index in [1.54, 1.807) is 0 Å². The van der Waals surface area contributed by atoms with Crippen molar-refractivity contribution in [1.29, 1.82) is 0 Å². The van der Waals surface area contributed by atoms with Gasteiger partial charge in [0.15, 0.2) is 0 Å². The second-order valence-corrected chi connectivity index (χ2v) is 13.6. The zero-order chi connectivity index (χ0) is 33.0. The quantitative estimate of drug-likeness (QED) is 0.177. The van der Waals surface area contributed by atoms with Gasteiger partial charge in [-0.1, -0.05) is 134 Å². The minimum absolute atomic E-state index is 0.267. The summed E-state index contributed by atoms with van der Waals surface area (Å²) in [4.78, 5) is 0. The van der Waals surface area contributed by atoms with Crippen molar-refractivity contribution in [2.24, 2.45) is 0 Å². The van der Waals surface area contributed by atoms with Crippen LogP contribution in [0.3, 0.4) is 0 Å². The zero-order valence-electron chi connectivity index (χ0n) is 27.8. The van der Waals surface area contributed by atoms with E-state index >= 15 is 0 Å². The van der Waals surface area contributed by atoms with Gasteiger partial charge in [-0.2, -0.15) is 0 Å². The van der Waals surface area contributed by atoms with Crippen LogP contribution in [0.4, 0.5) is 0 Å². The number of allylic oxidation sites excluding steroid dienone is 8. The first-order valence-corrected chi connectivity index (χ1v) is 17.7. The van der Waals surface area contributed by atoms with E-state index in [1.807, 2.05) is 0 Å². The average Bonchev–Trinajstić information content (AvgIpc) is 3.71. The summed E-state index contributed by atoms with van der Waals surface area (Å²) in [6.07, 6.45) is 18.0. The highest BCUT2D eigenvalue weighted by molar-refractivity contribution is 6.12. The Bertz CT molecular complexity index is 2690. The first kappa shape index (κ1) is 28.9. The number of benzene rings is 6. The van der Waals surface area contributed by atoms with Crippen LogP contribution in [-0.2, 0) is 0 Å². The fraction of sp³-hybridized carbons (Fsp3) is 0.0833. The molecule has 2 nitrogen and oxygen atoms in total. The van der Waals surface area contributed by atoms with Gasteiger partial charge in [0.05, 0.1) is 17.1 Å². The van der Waals surface area contributed by atoms with Crippen molar-refractivity contribution in [2.45, 2.75) is 24.8 Å². The predicted molar refractivity (Wildman–Crippen MR) is 212 cm³/mol. The molecule has 0 amide bonds. The Hall–Kier alpha value is -6.12. The van der Waals surface area contributed by atoms with E-state index in [2.05, 4.69) is 191 Å². The lowest BCUT2D eigenvalue weighted by molar-refractivity contribution is 0.649. The van der Waals surface area contributed by atoms with E-state index in [0.717, 1.165) is 12.8 Å². The number of hydrogen-bond acceptors (Lipinski definition) is 0. The zero-order valence-corrected chi connectivity index (χ0v) is 27.8. The molecule has 238 valence electrons. The third kappa shape index (κ3) is 4.71. The van der Waals surface area contributed by atoms with Crippen molar-refractivity contribution < 1.29 is 0 Å². The molecule has 0 N–H and O–H groups in total. The van der Waals surface area contributed by atoms with Gasteiger partial charge in [0.2, 0.25) is 0 Å². The van der Waals surface area contributed by atoms with Gasteiger partial charge in [-0.25, -0.2) is 0 Å². The topological polar surface area (TPSA) is 9.86 Å². The van der Waals surface area contributed by atoms with Crippen molar-refractivity contribution in [3.63, 3.8) is 0 Å². The minimum atomic E-state index is 0.267. The molecular formula is C48H36N2. The van der Waals surface area contributed by atoms with Gasteiger partial charge in [-0.15, -0.1) is 0 Å². The third-order valence-electron chi connectivity index (χ3n) is 10.8. The number of rotatable bonds is 5. The van der Waals surface area contributed by atoms with Crippen molar-refractivity contribution in [3.8, 4) is 16.8 Å². The summed E-state index contributed by atoms with van der Waals surface area (Å²) in [6.45, 7) is 0. The molecule has 2 heteroatoms. The maximum Gasteiger partial charge on any atom is 0.0560 e. The van der Waals surface area contributed by atoms with Crippen LogP contribution in [0.5, 0.6) is 0 Å². The number of nitrogens with zero attached hydrogens (tertiary/aromatic N) is 2. The smallest absolute Gasteiger partial charge is 0.0560 e. The highest BCUT2D eigenvalue weighted by Gasteiger charge is 2.20. The van der Waals surface area contributed by atoms with E-state index in [9.17, 15) is 0 Å². The SMILES string of the molecule is C1=CCC(c2ccc(-n3c4ccccc4c4cc(-c5ccc6c(c5)c5ccccc5n6C5C=CC(c6ccccc6)=CC5)ccc43)cc2)C=C1. The van der Waals surface area contributed by atoms with Crippen LogP contribution in [-0.4, -0.2) is 9.13 Å². The minimum Gasteiger partial charge on any atom is -0.333 e. The molecule has 8 aromatic rings. The van der Waals surface area contributed by atoms with Crippen LogP contribution in [0.1, 0.15) is 35.9 Å². The molecule has 0 saturated carbocycles. The van der Waals surface area contributed by atoms with E-state index in [-0.39, 0.29) is 6.04 Å². The predicted octanol–water partition coefficient (Wildman–Crippen LogP) is 12.7. The summed E-state index contributed by atoms with van der Waals surface area (Å²) in [5.41, 5.74) is 12.6. The molecule has 0 fully saturated rings. The molecule has 0 spiro atoms. The molecule has 0 radical (unpaired) electrons. The molecule has 2 aromatic heterocycles. The molecule has 50 heavy (non-hydrogen) atoms. The lowest BCUT2D eigenvalue weighted by Crippen LogP contribution is -2.07. The first-order valence-electron chi connectivity index (χ1n) is 17.7. The fourth-order valence-electron chi connectivity index (χ4n) is 8.31. The number of fused-ring (bicyclic) bond motifs is 6. The van der Waals surface area contributed by atoms with Gasteiger partial charge < -0.3 is 9.13 Å². The van der Waals surface area contributed by atoms with E-state index < -0.39 is 0 Å². The van der Waals surface area contributed by atoms with Crippen molar-refractivity contribution >= 4 is 49.2 Å². The Morgan fingerprint density at radius 2 is 1.12 bits per heavy atom. The molecule has 0 saturated heterocycles. The summed E-state index contributed by atoms with van der Waals surface area (Å²) >= 11 is 0. The van der Waals surface area contributed by atoms with Gasteiger partial charge in [-0.3, -0.25) is 0 Å². The second-order valence-electron chi connectivity index (χ2n) is 13.6. The van der Waals surface area contributed by atoms with Crippen molar-refractivity contribution in [1.82, 2.24) is 9.13 Å². The summed E-state index contributed by atoms with van der Waals surface area (Å²) in [6, 6.07) is 51.9. The summed E-state index contributed by atoms with van der Waals surface area (Å²) in [7, 11) is 0.